The summed E-state index contributed by atoms with van der Waals surface area (Å²) in [5, 5.41) is 0. The number of likely N-dealkylation sites (tertiary alicyclic amines) is 1. The van der Waals surface area contributed by atoms with Crippen molar-refractivity contribution in [2.75, 3.05) is 26.2 Å². The van der Waals surface area contributed by atoms with E-state index in [-0.39, 0.29) is 0 Å². The van der Waals surface area contributed by atoms with Crippen molar-refractivity contribution >= 4 is 0 Å². The molecule has 0 amide bonds. The molecule has 15 heavy (non-hydrogen) atoms. The summed E-state index contributed by atoms with van der Waals surface area (Å²) in [5.41, 5.74) is 1.03. The predicted octanol–water partition coefficient (Wildman–Crippen LogP) is 1.86. The SMILES string of the molecule is Cc1ccc(OCCN2CCCC2)cn1. The summed E-state index contributed by atoms with van der Waals surface area (Å²) in [4.78, 5) is 6.64. The van der Waals surface area contributed by atoms with Crippen molar-refractivity contribution in [1.29, 1.82) is 0 Å². The van der Waals surface area contributed by atoms with Gasteiger partial charge in [0.25, 0.3) is 0 Å². The lowest BCUT2D eigenvalue weighted by Gasteiger charge is -2.14. The quantitative estimate of drug-likeness (QED) is 0.752. The van der Waals surface area contributed by atoms with Crippen molar-refractivity contribution in [3.63, 3.8) is 0 Å². The molecule has 2 rings (SSSR count). The molecule has 1 aromatic heterocycles. The summed E-state index contributed by atoms with van der Waals surface area (Å²) in [6, 6.07) is 3.96. The van der Waals surface area contributed by atoms with Gasteiger partial charge in [-0.3, -0.25) is 9.88 Å². The fourth-order valence-electron chi connectivity index (χ4n) is 1.84. The Labute approximate surface area is 91.1 Å². The molecular formula is C12H18N2O. The average molecular weight is 206 g/mol. The molecule has 0 radical (unpaired) electrons. The Hall–Kier alpha value is -1.09. The zero-order chi connectivity index (χ0) is 10.5. The zero-order valence-corrected chi connectivity index (χ0v) is 9.28. The van der Waals surface area contributed by atoms with Gasteiger partial charge in [-0.1, -0.05) is 0 Å². The third-order valence-corrected chi connectivity index (χ3v) is 2.76. The van der Waals surface area contributed by atoms with E-state index in [9.17, 15) is 0 Å². The molecule has 1 aliphatic rings. The van der Waals surface area contributed by atoms with Gasteiger partial charge in [-0.05, 0) is 45.0 Å². The molecule has 0 aliphatic carbocycles. The lowest BCUT2D eigenvalue weighted by molar-refractivity contribution is 0.237. The maximum Gasteiger partial charge on any atom is 0.137 e. The largest absolute Gasteiger partial charge is 0.491 e. The second kappa shape index (κ2) is 5.12. The number of pyridine rings is 1. The summed E-state index contributed by atoms with van der Waals surface area (Å²) in [5.74, 6) is 0.875. The molecule has 0 atom stereocenters. The van der Waals surface area contributed by atoms with Gasteiger partial charge in [0.1, 0.15) is 12.4 Å². The van der Waals surface area contributed by atoms with E-state index >= 15 is 0 Å². The Morgan fingerprint density at radius 3 is 2.80 bits per heavy atom. The van der Waals surface area contributed by atoms with Crippen molar-refractivity contribution in [2.24, 2.45) is 0 Å². The maximum absolute atomic E-state index is 5.62. The summed E-state index contributed by atoms with van der Waals surface area (Å²) < 4.78 is 5.62. The number of hydrogen-bond acceptors (Lipinski definition) is 3. The van der Waals surface area contributed by atoms with Crippen LogP contribution in [0.1, 0.15) is 18.5 Å². The van der Waals surface area contributed by atoms with Crippen LogP contribution in [0.15, 0.2) is 18.3 Å². The molecule has 2 heterocycles. The standard InChI is InChI=1S/C12H18N2O/c1-11-4-5-12(10-13-11)15-9-8-14-6-2-3-7-14/h4-5,10H,2-3,6-9H2,1H3. The first-order chi connectivity index (χ1) is 7.34. The lowest BCUT2D eigenvalue weighted by atomic mass is 10.4. The zero-order valence-electron chi connectivity index (χ0n) is 9.28. The molecule has 1 aromatic rings. The van der Waals surface area contributed by atoms with Crippen LogP contribution >= 0.6 is 0 Å². The minimum absolute atomic E-state index is 0.769. The predicted molar refractivity (Wildman–Crippen MR) is 60.1 cm³/mol. The summed E-state index contributed by atoms with van der Waals surface area (Å²) in [7, 11) is 0. The monoisotopic (exact) mass is 206 g/mol. The first-order valence-electron chi connectivity index (χ1n) is 5.62. The van der Waals surface area contributed by atoms with Crippen LogP contribution in [-0.2, 0) is 0 Å². The molecule has 1 saturated heterocycles. The average Bonchev–Trinajstić information content (AvgIpc) is 2.74. The van der Waals surface area contributed by atoms with Crippen LogP contribution in [0, 0.1) is 6.92 Å². The van der Waals surface area contributed by atoms with Gasteiger partial charge in [0, 0.05) is 12.2 Å². The highest BCUT2D eigenvalue weighted by atomic mass is 16.5. The van der Waals surface area contributed by atoms with Gasteiger partial charge < -0.3 is 4.74 Å². The second-order valence-electron chi connectivity index (χ2n) is 4.03. The van der Waals surface area contributed by atoms with Crippen LogP contribution in [0.2, 0.25) is 0 Å². The Morgan fingerprint density at radius 1 is 1.33 bits per heavy atom. The van der Waals surface area contributed by atoms with Crippen molar-refractivity contribution < 1.29 is 4.74 Å². The van der Waals surface area contributed by atoms with Crippen LogP contribution in [0.5, 0.6) is 5.75 Å². The minimum atomic E-state index is 0.769. The molecule has 1 aliphatic heterocycles. The van der Waals surface area contributed by atoms with Crippen LogP contribution in [-0.4, -0.2) is 36.1 Å². The van der Waals surface area contributed by atoms with Gasteiger partial charge in [0.2, 0.25) is 0 Å². The van der Waals surface area contributed by atoms with Crippen LogP contribution in [0.25, 0.3) is 0 Å². The molecular weight excluding hydrogens is 188 g/mol. The number of aromatic nitrogens is 1. The summed E-state index contributed by atoms with van der Waals surface area (Å²) in [6.45, 7) is 6.25. The smallest absolute Gasteiger partial charge is 0.137 e. The highest BCUT2D eigenvalue weighted by molar-refractivity contribution is 5.18. The van der Waals surface area contributed by atoms with Crippen molar-refractivity contribution in [3.8, 4) is 5.75 Å². The Kier molecular flexibility index (Phi) is 3.56. The Bertz CT molecular complexity index is 291. The van der Waals surface area contributed by atoms with E-state index in [0.29, 0.717) is 0 Å². The Balaban J connectivity index is 1.71. The molecule has 0 N–H and O–H groups in total. The minimum Gasteiger partial charge on any atom is -0.491 e. The second-order valence-corrected chi connectivity index (χ2v) is 4.03. The lowest BCUT2D eigenvalue weighted by Crippen LogP contribution is -2.25. The van der Waals surface area contributed by atoms with Gasteiger partial charge in [-0.2, -0.15) is 0 Å². The first-order valence-corrected chi connectivity index (χ1v) is 5.62. The topological polar surface area (TPSA) is 25.4 Å². The summed E-state index contributed by atoms with van der Waals surface area (Å²) in [6.07, 6.45) is 4.47. The molecule has 1 fully saturated rings. The number of hydrogen-bond donors (Lipinski definition) is 0. The van der Waals surface area contributed by atoms with Gasteiger partial charge in [-0.25, -0.2) is 0 Å². The number of ether oxygens (including phenoxy) is 1. The molecule has 0 unspecified atom stereocenters. The van der Waals surface area contributed by atoms with Crippen molar-refractivity contribution in [2.45, 2.75) is 19.8 Å². The van der Waals surface area contributed by atoms with E-state index in [1.54, 1.807) is 6.20 Å². The molecule has 82 valence electrons. The maximum atomic E-state index is 5.62. The number of aryl methyl sites for hydroxylation is 1. The fourth-order valence-corrected chi connectivity index (χ4v) is 1.84. The number of nitrogens with zero attached hydrogens (tertiary/aromatic N) is 2. The van der Waals surface area contributed by atoms with Gasteiger partial charge in [-0.15, -0.1) is 0 Å². The molecule has 0 spiro atoms. The van der Waals surface area contributed by atoms with E-state index in [1.807, 2.05) is 19.1 Å². The molecule has 0 aromatic carbocycles. The molecule has 3 heteroatoms. The highest BCUT2D eigenvalue weighted by Gasteiger charge is 2.10. The van der Waals surface area contributed by atoms with E-state index in [1.165, 1.54) is 25.9 Å². The van der Waals surface area contributed by atoms with E-state index < -0.39 is 0 Å². The van der Waals surface area contributed by atoms with Gasteiger partial charge >= 0.3 is 0 Å². The fraction of sp³-hybridized carbons (Fsp3) is 0.583. The van der Waals surface area contributed by atoms with E-state index in [4.69, 9.17) is 4.74 Å². The molecule has 0 bridgehead atoms. The first kappa shape index (κ1) is 10.4. The number of rotatable bonds is 4. The van der Waals surface area contributed by atoms with Gasteiger partial charge in [0.05, 0.1) is 6.20 Å². The normalized spacial score (nSPS) is 16.9. The van der Waals surface area contributed by atoms with Crippen LogP contribution < -0.4 is 4.74 Å². The third kappa shape index (κ3) is 3.20. The summed E-state index contributed by atoms with van der Waals surface area (Å²) >= 11 is 0. The van der Waals surface area contributed by atoms with Crippen LogP contribution in [0.3, 0.4) is 0 Å². The molecule has 3 nitrogen and oxygen atoms in total. The highest BCUT2D eigenvalue weighted by Crippen LogP contribution is 2.10. The van der Waals surface area contributed by atoms with Crippen LogP contribution in [0.4, 0.5) is 0 Å². The molecule has 0 saturated carbocycles. The third-order valence-electron chi connectivity index (χ3n) is 2.76. The van der Waals surface area contributed by atoms with Crippen molar-refractivity contribution in [3.05, 3.63) is 24.0 Å². The van der Waals surface area contributed by atoms with E-state index in [0.717, 1.165) is 24.6 Å². The van der Waals surface area contributed by atoms with Gasteiger partial charge in [0.15, 0.2) is 0 Å². The Morgan fingerprint density at radius 2 is 2.13 bits per heavy atom. The van der Waals surface area contributed by atoms with Crippen molar-refractivity contribution in [1.82, 2.24) is 9.88 Å². The van der Waals surface area contributed by atoms with E-state index in [2.05, 4.69) is 9.88 Å².